The van der Waals surface area contributed by atoms with Crippen molar-refractivity contribution in [2.75, 3.05) is 0 Å². The molecule has 0 unspecified atom stereocenters. The van der Waals surface area contributed by atoms with E-state index >= 15 is 0 Å². The molecule has 0 saturated heterocycles. The summed E-state index contributed by atoms with van der Waals surface area (Å²) in [5.74, 6) is -0.341. The molecule has 30 heavy (non-hydrogen) atoms. The van der Waals surface area contributed by atoms with Gasteiger partial charge in [0, 0.05) is 6.04 Å². The molecule has 0 aliphatic heterocycles. The maximum Gasteiger partial charge on any atom is 0.241 e. The molecule has 0 heterocycles. The van der Waals surface area contributed by atoms with Gasteiger partial charge >= 0.3 is 0 Å². The molecule has 0 radical (unpaired) electrons. The van der Waals surface area contributed by atoms with E-state index in [0.717, 1.165) is 29.2 Å². The minimum atomic E-state index is -3.91. The van der Waals surface area contributed by atoms with Gasteiger partial charge in [0.2, 0.25) is 15.9 Å². The van der Waals surface area contributed by atoms with Crippen molar-refractivity contribution in [2.45, 2.75) is 36.2 Å². The highest BCUT2D eigenvalue weighted by Gasteiger charge is 2.30. The van der Waals surface area contributed by atoms with Gasteiger partial charge in [0.1, 0.15) is 6.04 Å². The van der Waals surface area contributed by atoms with Crippen molar-refractivity contribution in [3.05, 3.63) is 77.9 Å². The molecule has 6 nitrogen and oxygen atoms in total. The zero-order valence-corrected chi connectivity index (χ0v) is 17.0. The average Bonchev–Trinajstić information content (AvgIpc) is 3.57. The summed E-state index contributed by atoms with van der Waals surface area (Å²) in [5.41, 5.74) is 1.28. The fourth-order valence-electron chi connectivity index (χ4n) is 3.26. The van der Waals surface area contributed by atoms with Crippen molar-refractivity contribution in [3.8, 4) is 6.07 Å². The van der Waals surface area contributed by atoms with Crippen molar-refractivity contribution in [3.63, 3.8) is 0 Å². The topological polar surface area (TPSA) is 99.1 Å². The molecule has 1 atom stereocenters. The second-order valence-electron chi connectivity index (χ2n) is 7.48. The van der Waals surface area contributed by atoms with E-state index < -0.39 is 16.1 Å². The van der Waals surface area contributed by atoms with Gasteiger partial charge in [-0.05, 0) is 59.9 Å². The maximum absolute atomic E-state index is 13.0. The van der Waals surface area contributed by atoms with Gasteiger partial charge in [-0.1, -0.05) is 42.5 Å². The van der Waals surface area contributed by atoms with E-state index in [-0.39, 0.29) is 23.3 Å². The molecular weight excluding hydrogens is 398 g/mol. The Balaban J connectivity index is 1.59. The Kier molecular flexibility index (Phi) is 5.53. The van der Waals surface area contributed by atoms with Crippen LogP contribution >= 0.6 is 0 Å². The number of nitrogens with one attached hydrogen (secondary N) is 2. The van der Waals surface area contributed by atoms with Crippen LogP contribution in [0.15, 0.2) is 71.6 Å². The molecule has 4 rings (SSSR count). The highest BCUT2D eigenvalue weighted by molar-refractivity contribution is 7.89. The number of hydrogen-bond donors (Lipinski definition) is 2. The van der Waals surface area contributed by atoms with E-state index in [2.05, 4.69) is 10.0 Å². The van der Waals surface area contributed by atoms with E-state index in [0.29, 0.717) is 5.56 Å². The molecule has 3 aromatic rings. The van der Waals surface area contributed by atoms with Crippen LogP contribution in [0.3, 0.4) is 0 Å². The van der Waals surface area contributed by atoms with Crippen molar-refractivity contribution >= 4 is 26.7 Å². The summed E-state index contributed by atoms with van der Waals surface area (Å²) in [4.78, 5) is 12.9. The van der Waals surface area contributed by atoms with Crippen LogP contribution < -0.4 is 10.0 Å². The Morgan fingerprint density at radius 2 is 1.73 bits per heavy atom. The fourth-order valence-corrected chi connectivity index (χ4v) is 4.49. The lowest BCUT2D eigenvalue weighted by Gasteiger charge is -2.19. The van der Waals surface area contributed by atoms with E-state index in [1.807, 2.05) is 30.3 Å². The van der Waals surface area contributed by atoms with Crippen LogP contribution in [0.2, 0.25) is 0 Å². The van der Waals surface area contributed by atoms with Gasteiger partial charge in [-0.3, -0.25) is 4.79 Å². The molecule has 3 aromatic carbocycles. The lowest BCUT2D eigenvalue weighted by Crippen LogP contribution is -2.48. The number of carbonyl (C=O) groups is 1. The van der Waals surface area contributed by atoms with Crippen LogP contribution in [-0.2, 0) is 21.2 Å². The lowest BCUT2D eigenvalue weighted by atomic mass is 10.0. The van der Waals surface area contributed by atoms with Crippen molar-refractivity contribution in [1.82, 2.24) is 10.0 Å². The summed E-state index contributed by atoms with van der Waals surface area (Å²) < 4.78 is 28.7. The molecule has 1 saturated carbocycles. The number of amides is 1. The van der Waals surface area contributed by atoms with Crippen LogP contribution in [0.25, 0.3) is 10.8 Å². The summed E-state index contributed by atoms with van der Waals surface area (Å²) in [6, 6.07) is 20.4. The lowest BCUT2D eigenvalue weighted by molar-refractivity contribution is -0.122. The molecule has 1 amide bonds. The van der Waals surface area contributed by atoms with Crippen LogP contribution in [0, 0.1) is 11.3 Å². The minimum absolute atomic E-state index is 0.116. The molecule has 1 aliphatic carbocycles. The van der Waals surface area contributed by atoms with Gasteiger partial charge in [-0.2, -0.15) is 9.98 Å². The second-order valence-corrected chi connectivity index (χ2v) is 9.19. The smallest absolute Gasteiger partial charge is 0.241 e. The number of benzene rings is 3. The predicted octanol–water partition coefficient (Wildman–Crippen LogP) is 2.88. The van der Waals surface area contributed by atoms with Gasteiger partial charge in [-0.25, -0.2) is 8.42 Å². The monoisotopic (exact) mass is 419 g/mol. The maximum atomic E-state index is 13.0. The predicted molar refractivity (Wildman–Crippen MR) is 114 cm³/mol. The third-order valence-corrected chi connectivity index (χ3v) is 6.56. The molecule has 0 spiro atoms. The summed E-state index contributed by atoms with van der Waals surface area (Å²) in [5, 5.41) is 13.6. The number of hydrogen-bond acceptors (Lipinski definition) is 4. The molecule has 0 aromatic heterocycles. The van der Waals surface area contributed by atoms with E-state index in [9.17, 15) is 13.2 Å². The first kappa shape index (κ1) is 20.1. The van der Waals surface area contributed by atoms with E-state index in [1.54, 1.807) is 42.5 Å². The van der Waals surface area contributed by atoms with Crippen LogP contribution in [0.5, 0.6) is 0 Å². The Morgan fingerprint density at radius 1 is 1.03 bits per heavy atom. The summed E-state index contributed by atoms with van der Waals surface area (Å²) in [6.07, 6.45) is 2.01. The number of fused-ring (bicyclic) bond motifs is 1. The first-order chi connectivity index (χ1) is 14.4. The van der Waals surface area contributed by atoms with Gasteiger partial charge < -0.3 is 5.32 Å². The van der Waals surface area contributed by atoms with Gasteiger partial charge in [0.15, 0.2) is 0 Å². The van der Waals surface area contributed by atoms with Crippen molar-refractivity contribution < 1.29 is 13.2 Å². The zero-order valence-electron chi connectivity index (χ0n) is 16.2. The number of nitrogens with zero attached hydrogens (tertiary/aromatic N) is 1. The number of sulfonamides is 1. The normalized spacial score (nSPS) is 14.8. The summed E-state index contributed by atoms with van der Waals surface area (Å²) in [6.45, 7) is 0. The molecule has 2 N–H and O–H groups in total. The SMILES string of the molecule is N#Cc1ccc(C[C@H](NS(=O)(=O)c2ccc3ccccc3c2)C(=O)NC2CC2)cc1. The largest absolute Gasteiger partial charge is 0.352 e. The number of carbonyl (C=O) groups excluding carboxylic acids is 1. The van der Waals surface area contributed by atoms with Crippen LogP contribution in [-0.4, -0.2) is 26.4 Å². The minimum Gasteiger partial charge on any atom is -0.352 e. The molecule has 0 bridgehead atoms. The fraction of sp³-hybridized carbons (Fsp3) is 0.217. The highest BCUT2D eigenvalue weighted by Crippen LogP contribution is 2.21. The number of nitriles is 1. The van der Waals surface area contributed by atoms with E-state index in [1.165, 1.54) is 0 Å². The average molecular weight is 420 g/mol. The summed E-state index contributed by atoms with van der Waals surface area (Å²) in [7, 11) is -3.91. The van der Waals surface area contributed by atoms with Crippen LogP contribution in [0.1, 0.15) is 24.0 Å². The molecule has 1 fully saturated rings. The number of rotatable bonds is 7. The second kappa shape index (κ2) is 8.27. The quantitative estimate of drug-likeness (QED) is 0.615. The Morgan fingerprint density at radius 3 is 2.40 bits per heavy atom. The molecular formula is C23H21N3O3S. The zero-order chi connectivity index (χ0) is 21.1. The van der Waals surface area contributed by atoms with Crippen molar-refractivity contribution in [1.29, 1.82) is 5.26 Å². The van der Waals surface area contributed by atoms with Gasteiger partial charge in [0.25, 0.3) is 0 Å². The first-order valence-electron chi connectivity index (χ1n) is 9.75. The third-order valence-electron chi connectivity index (χ3n) is 5.09. The summed E-state index contributed by atoms with van der Waals surface area (Å²) >= 11 is 0. The Hall–Kier alpha value is -3.21. The van der Waals surface area contributed by atoms with Gasteiger partial charge in [0.05, 0.1) is 16.5 Å². The van der Waals surface area contributed by atoms with Gasteiger partial charge in [-0.15, -0.1) is 0 Å². The van der Waals surface area contributed by atoms with Crippen molar-refractivity contribution in [2.24, 2.45) is 0 Å². The molecule has 7 heteroatoms. The third kappa shape index (κ3) is 4.67. The Bertz CT molecular complexity index is 1230. The first-order valence-corrected chi connectivity index (χ1v) is 11.2. The Labute approximate surface area is 175 Å². The highest BCUT2D eigenvalue weighted by atomic mass is 32.2. The van der Waals surface area contributed by atoms with E-state index in [4.69, 9.17) is 5.26 Å². The standard InChI is InChI=1S/C23H21N3O3S/c24-15-17-7-5-16(6-8-17)13-22(23(27)25-20-10-11-20)26-30(28,29)21-12-9-18-3-1-2-4-19(18)14-21/h1-9,12,14,20,22,26H,10-11,13H2,(H,25,27)/t22-/m0/s1. The van der Waals surface area contributed by atoms with Crippen LogP contribution in [0.4, 0.5) is 0 Å². The molecule has 152 valence electrons. The molecule has 1 aliphatic rings.